The van der Waals surface area contributed by atoms with Crippen LogP contribution in [0.4, 0.5) is 0 Å². The number of hydrogen-bond donors (Lipinski definition) is 0. The van der Waals surface area contributed by atoms with Gasteiger partial charge in [0.1, 0.15) is 0 Å². The third kappa shape index (κ3) is 0.888. The van der Waals surface area contributed by atoms with E-state index in [9.17, 15) is 0 Å². The van der Waals surface area contributed by atoms with Gasteiger partial charge in [0.2, 0.25) is 0 Å². The van der Waals surface area contributed by atoms with Gasteiger partial charge in [-0.3, -0.25) is 0 Å². The molecule has 1 aromatic heterocycles. The van der Waals surface area contributed by atoms with Gasteiger partial charge in [0.05, 0.1) is 0 Å². The predicted molar refractivity (Wildman–Crippen MR) is 42.9 cm³/mol. The van der Waals surface area contributed by atoms with Crippen molar-refractivity contribution in [3.8, 4) is 0 Å². The molecule has 1 aromatic rings. The number of nitrogens with zero attached hydrogens (tertiary/aromatic N) is 2. The molecule has 0 radical (unpaired) electrons. The minimum atomic E-state index is 0.988. The van der Waals surface area contributed by atoms with E-state index in [1.165, 1.54) is 25.0 Å². The zero-order chi connectivity index (χ0) is 6.97. The molecule has 0 unspecified atom stereocenters. The van der Waals surface area contributed by atoms with E-state index in [1.54, 1.807) is 0 Å². The quantitative estimate of drug-likeness (QED) is 0.627. The van der Waals surface area contributed by atoms with Crippen LogP contribution in [-0.4, -0.2) is 9.55 Å². The Morgan fingerprint density at radius 1 is 1.50 bits per heavy atom. The van der Waals surface area contributed by atoms with E-state index in [2.05, 4.69) is 25.5 Å². The van der Waals surface area contributed by atoms with Gasteiger partial charge < -0.3 is 4.57 Å². The maximum absolute atomic E-state index is 4.18. The van der Waals surface area contributed by atoms with Crippen molar-refractivity contribution in [1.82, 2.24) is 9.55 Å². The topological polar surface area (TPSA) is 17.8 Å². The van der Waals surface area contributed by atoms with Crippen LogP contribution in [0.3, 0.4) is 0 Å². The standard InChI is InChI=1S/C7H9BrN2/c8-7-9-5-6-3-1-2-4-10(6)7/h5H,1-4H2. The number of aromatic nitrogens is 2. The van der Waals surface area contributed by atoms with Gasteiger partial charge in [-0.1, -0.05) is 0 Å². The van der Waals surface area contributed by atoms with Crippen LogP contribution in [0.1, 0.15) is 18.5 Å². The van der Waals surface area contributed by atoms with Crippen molar-refractivity contribution in [1.29, 1.82) is 0 Å². The fourth-order valence-electron chi connectivity index (χ4n) is 1.40. The maximum atomic E-state index is 4.18. The van der Waals surface area contributed by atoms with Crippen molar-refractivity contribution < 1.29 is 0 Å². The molecular formula is C7H9BrN2. The highest BCUT2D eigenvalue weighted by atomic mass is 79.9. The number of halogens is 1. The third-order valence-electron chi connectivity index (χ3n) is 1.95. The Morgan fingerprint density at radius 2 is 2.40 bits per heavy atom. The first-order chi connectivity index (χ1) is 4.88. The molecule has 0 saturated heterocycles. The van der Waals surface area contributed by atoms with Gasteiger partial charge in [0.15, 0.2) is 4.73 Å². The molecule has 2 rings (SSSR count). The molecule has 0 aromatic carbocycles. The number of rotatable bonds is 0. The van der Waals surface area contributed by atoms with E-state index in [0.717, 1.165) is 11.3 Å². The highest BCUT2D eigenvalue weighted by molar-refractivity contribution is 9.10. The molecule has 0 aliphatic carbocycles. The molecule has 0 amide bonds. The van der Waals surface area contributed by atoms with Crippen molar-refractivity contribution in [2.45, 2.75) is 25.8 Å². The van der Waals surface area contributed by atoms with Crippen LogP contribution in [0.5, 0.6) is 0 Å². The fraction of sp³-hybridized carbons (Fsp3) is 0.571. The first-order valence-electron chi connectivity index (χ1n) is 3.58. The molecule has 1 aliphatic heterocycles. The van der Waals surface area contributed by atoms with E-state index in [-0.39, 0.29) is 0 Å². The van der Waals surface area contributed by atoms with Gasteiger partial charge in [-0.15, -0.1) is 0 Å². The second kappa shape index (κ2) is 2.38. The maximum Gasteiger partial charge on any atom is 0.177 e. The number of hydrogen-bond acceptors (Lipinski definition) is 1. The Hall–Kier alpha value is -0.310. The summed E-state index contributed by atoms with van der Waals surface area (Å²) in [6.07, 6.45) is 5.77. The minimum Gasteiger partial charge on any atom is -0.323 e. The minimum absolute atomic E-state index is 0.988. The first-order valence-corrected chi connectivity index (χ1v) is 4.37. The van der Waals surface area contributed by atoms with E-state index in [4.69, 9.17) is 0 Å². The Kier molecular flexibility index (Phi) is 1.52. The van der Waals surface area contributed by atoms with Crippen LogP contribution in [0.15, 0.2) is 10.9 Å². The van der Waals surface area contributed by atoms with Crippen LogP contribution in [0.2, 0.25) is 0 Å². The average Bonchev–Trinajstić information content (AvgIpc) is 2.34. The van der Waals surface area contributed by atoms with Gasteiger partial charge in [0, 0.05) is 18.4 Å². The third-order valence-corrected chi connectivity index (χ3v) is 2.59. The second-order valence-electron chi connectivity index (χ2n) is 2.63. The summed E-state index contributed by atoms with van der Waals surface area (Å²) in [5, 5.41) is 0. The van der Waals surface area contributed by atoms with Crippen molar-refractivity contribution in [3.05, 3.63) is 16.6 Å². The molecule has 3 heteroatoms. The molecule has 0 fully saturated rings. The molecule has 54 valence electrons. The second-order valence-corrected chi connectivity index (χ2v) is 3.34. The Morgan fingerprint density at radius 3 is 3.20 bits per heavy atom. The monoisotopic (exact) mass is 200 g/mol. The molecule has 1 aliphatic rings. The van der Waals surface area contributed by atoms with Crippen molar-refractivity contribution in [3.63, 3.8) is 0 Å². The van der Waals surface area contributed by atoms with E-state index < -0.39 is 0 Å². The van der Waals surface area contributed by atoms with E-state index in [1.807, 2.05) is 6.20 Å². The largest absolute Gasteiger partial charge is 0.323 e. The van der Waals surface area contributed by atoms with Gasteiger partial charge >= 0.3 is 0 Å². The summed E-state index contributed by atoms with van der Waals surface area (Å²) in [6.45, 7) is 1.13. The fourth-order valence-corrected chi connectivity index (χ4v) is 1.90. The summed E-state index contributed by atoms with van der Waals surface area (Å²) in [6, 6.07) is 0. The van der Waals surface area contributed by atoms with Crippen molar-refractivity contribution in [2.24, 2.45) is 0 Å². The lowest BCUT2D eigenvalue weighted by Gasteiger charge is -2.13. The summed E-state index contributed by atoms with van der Waals surface area (Å²) < 4.78 is 3.23. The first kappa shape index (κ1) is 6.40. The van der Waals surface area contributed by atoms with Gasteiger partial charge in [0.25, 0.3) is 0 Å². The Balaban J connectivity index is 2.45. The molecule has 2 nitrogen and oxygen atoms in total. The van der Waals surface area contributed by atoms with Crippen molar-refractivity contribution in [2.75, 3.05) is 0 Å². The molecule has 0 N–H and O–H groups in total. The van der Waals surface area contributed by atoms with Gasteiger partial charge in [-0.05, 0) is 35.2 Å². The smallest absolute Gasteiger partial charge is 0.177 e. The predicted octanol–water partition coefficient (Wildman–Crippen LogP) is 1.98. The van der Waals surface area contributed by atoms with E-state index >= 15 is 0 Å². The number of fused-ring (bicyclic) bond motifs is 1. The lowest BCUT2D eigenvalue weighted by Crippen LogP contribution is -2.09. The zero-order valence-corrected chi connectivity index (χ0v) is 7.26. The summed E-state index contributed by atoms with van der Waals surface area (Å²) in [7, 11) is 0. The summed E-state index contributed by atoms with van der Waals surface area (Å²) in [5.74, 6) is 0. The number of imidazole rings is 1. The molecule has 0 spiro atoms. The Bertz CT molecular complexity index is 242. The molecule has 0 saturated carbocycles. The van der Waals surface area contributed by atoms with Crippen LogP contribution < -0.4 is 0 Å². The lowest BCUT2D eigenvalue weighted by molar-refractivity contribution is 0.524. The van der Waals surface area contributed by atoms with Gasteiger partial charge in [-0.2, -0.15) is 0 Å². The lowest BCUT2D eigenvalue weighted by atomic mass is 10.1. The summed E-state index contributed by atoms with van der Waals surface area (Å²) in [5.41, 5.74) is 1.37. The van der Waals surface area contributed by atoms with Crippen LogP contribution >= 0.6 is 15.9 Å². The SMILES string of the molecule is Brc1ncc2n1CCCC2. The molecule has 10 heavy (non-hydrogen) atoms. The van der Waals surface area contributed by atoms with Crippen LogP contribution in [0, 0.1) is 0 Å². The Labute approximate surface area is 68.4 Å². The van der Waals surface area contributed by atoms with E-state index in [0.29, 0.717) is 0 Å². The van der Waals surface area contributed by atoms with Crippen molar-refractivity contribution >= 4 is 15.9 Å². The molecule has 0 bridgehead atoms. The highest BCUT2D eigenvalue weighted by Gasteiger charge is 2.10. The molecular weight excluding hydrogens is 192 g/mol. The number of aryl methyl sites for hydroxylation is 1. The van der Waals surface area contributed by atoms with Crippen LogP contribution in [0.25, 0.3) is 0 Å². The molecule has 0 atom stereocenters. The zero-order valence-electron chi connectivity index (χ0n) is 5.68. The summed E-state index contributed by atoms with van der Waals surface area (Å²) in [4.78, 5) is 4.18. The van der Waals surface area contributed by atoms with Crippen LogP contribution in [-0.2, 0) is 13.0 Å². The normalized spacial score (nSPS) is 16.9. The highest BCUT2D eigenvalue weighted by Crippen LogP contribution is 2.19. The summed E-state index contributed by atoms with van der Waals surface area (Å²) >= 11 is 3.40. The van der Waals surface area contributed by atoms with Gasteiger partial charge in [-0.25, -0.2) is 4.98 Å². The molecule has 2 heterocycles. The average molecular weight is 201 g/mol.